The number of anilines is 2. The third-order valence-electron chi connectivity index (χ3n) is 2.46. The number of nitrogens with zero attached hydrogens (tertiary/aromatic N) is 2. The molecule has 20 heavy (non-hydrogen) atoms. The van der Waals surface area contributed by atoms with Crippen molar-refractivity contribution in [1.82, 2.24) is 9.97 Å². The molecule has 0 spiro atoms. The molecule has 0 saturated carbocycles. The van der Waals surface area contributed by atoms with E-state index < -0.39 is 10.0 Å². The summed E-state index contributed by atoms with van der Waals surface area (Å²) in [6.45, 7) is -0.103. The lowest BCUT2D eigenvalue weighted by Crippen LogP contribution is -2.15. The summed E-state index contributed by atoms with van der Waals surface area (Å²) in [4.78, 5) is 7.39. The fraction of sp³-hybridized carbons (Fsp3) is 0.0909. The molecule has 0 saturated heterocycles. The lowest BCUT2D eigenvalue weighted by molar-refractivity contribution is 0.282. The Hall–Kier alpha value is -2.23. The van der Waals surface area contributed by atoms with Crippen molar-refractivity contribution in [2.45, 2.75) is 11.5 Å². The summed E-state index contributed by atoms with van der Waals surface area (Å²) in [6, 6.07) is 6.35. The Morgan fingerprint density at radius 1 is 1.15 bits per heavy atom. The van der Waals surface area contributed by atoms with Crippen molar-refractivity contribution in [2.75, 3.05) is 10.1 Å². The van der Waals surface area contributed by atoms with Crippen molar-refractivity contribution >= 4 is 21.7 Å². The molecule has 0 aliphatic carbocycles. The van der Waals surface area contributed by atoms with Gasteiger partial charge in [-0.1, -0.05) is 12.1 Å². The second kappa shape index (κ2) is 5.82. The van der Waals surface area contributed by atoms with Crippen LogP contribution in [0.15, 0.2) is 41.6 Å². The highest BCUT2D eigenvalue weighted by Crippen LogP contribution is 2.16. The SMILES string of the molecule is NNc1ncc(S(=O)(=O)Nc2ccc(CO)cc2)cn1. The Kier molecular flexibility index (Phi) is 4.13. The molecule has 2 aromatic rings. The van der Waals surface area contributed by atoms with Gasteiger partial charge in [0.05, 0.1) is 19.0 Å². The minimum absolute atomic E-state index is 0.0808. The lowest BCUT2D eigenvalue weighted by atomic mass is 10.2. The van der Waals surface area contributed by atoms with Crippen LogP contribution in [0.3, 0.4) is 0 Å². The van der Waals surface area contributed by atoms with Gasteiger partial charge in [0.15, 0.2) is 0 Å². The first-order chi connectivity index (χ1) is 9.55. The van der Waals surface area contributed by atoms with Crippen molar-refractivity contribution in [3.63, 3.8) is 0 Å². The van der Waals surface area contributed by atoms with Gasteiger partial charge < -0.3 is 5.11 Å². The van der Waals surface area contributed by atoms with E-state index >= 15 is 0 Å². The number of nitrogen functional groups attached to an aromatic ring is 1. The van der Waals surface area contributed by atoms with Gasteiger partial charge >= 0.3 is 0 Å². The molecule has 5 N–H and O–H groups in total. The fourth-order valence-corrected chi connectivity index (χ4v) is 2.37. The summed E-state index contributed by atoms with van der Waals surface area (Å²) >= 11 is 0. The molecule has 1 aromatic heterocycles. The van der Waals surface area contributed by atoms with Crippen LogP contribution in [0.5, 0.6) is 0 Å². The number of rotatable bonds is 5. The molecule has 0 aliphatic heterocycles. The summed E-state index contributed by atoms with van der Waals surface area (Å²) in [5, 5.41) is 8.92. The lowest BCUT2D eigenvalue weighted by Gasteiger charge is -2.08. The summed E-state index contributed by atoms with van der Waals surface area (Å²) < 4.78 is 26.5. The number of benzene rings is 1. The van der Waals surface area contributed by atoms with Gasteiger partial charge in [0.1, 0.15) is 4.90 Å². The highest BCUT2D eigenvalue weighted by Gasteiger charge is 2.15. The number of hydrogen-bond acceptors (Lipinski definition) is 7. The molecule has 1 heterocycles. The number of hydrazine groups is 1. The number of aliphatic hydroxyl groups excluding tert-OH is 1. The van der Waals surface area contributed by atoms with Gasteiger partial charge in [0, 0.05) is 5.69 Å². The molecule has 9 heteroatoms. The van der Waals surface area contributed by atoms with E-state index in [1.54, 1.807) is 24.3 Å². The first-order valence-electron chi connectivity index (χ1n) is 5.56. The van der Waals surface area contributed by atoms with Gasteiger partial charge in [-0.2, -0.15) is 0 Å². The molecule has 8 nitrogen and oxygen atoms in total. The number of sulfonamides is 1. The standard InChI is InChI=1S/C11H13N5O3S/c12-15-11-13-5-10(6-14-11)20(18,19)16-9-3-1-8(7-17)2-4-9/h1-6,16-17H,7,12H2,(H,13,14,15). The third kappa shape index (κ3) is 3.20. The van der Waals surface area contributed by atoms with Crippen molar-refractivity contribution in [3.8, 4) is 0 Å². The minimum atomic E-state index is -3.76. The normalized spacial score (nSPS) is 11.1. The van der Waals surface area contributed by atoms with Crippen LogP contribution in [-0.2, 0) is 16.6 Å². The molecule has 0 unspecified atom stereocenters. The predicted octanol–water partition coefficient (Wildman–Crippen LogP) is 0.0553. The number of aromatic nitrogens is 2. The van der Waals surface area contributed by atoms with Gasteiger partial charge in [-0.05, 0) is 17.7 Å². The van der Waals surface area contributed by atoms with Gasteiger partial charge in [-0.3, -0.25) is 10.1 Å². The molecule has 0 fully saturated rings. The Morgan fingerprint density at radius 3 is 2.25 bits per heavy atom. The summed E-state index contributed by atoms with van der Waals surface area (Å²) in [6.07, 6.45) is 2.29. The number of aliphatic hydroxyl groups is 1. The Balaban J connectivity index is 2.20. The van der Waals surface area contributed by atoms with E-state index in [0.717, 1.165) is 12.4 Å². The van der Waals surface area contributed by atoms with Crippen LogP contribution in [0.2, 0.25) is 0 Å². The monoisotopic (exact) mass is 295 g/mol. The van der Waals surface area contributed by atoms with Crippen molar-refractivity contribution in [3.05, 3.63) is 42.2 Å². The molecule has 0 aliphatic rings. The summed E-state index contributed by atoms with van der Waals surface area (Å²) in [5.41, 5.74) is 3.27. The van der Waals surface area contributed by atoms with Gasteiger partial charge in [0.25, 0.3) is 10.0 Å². The molecular formula is C11H13N5O3S. The average Bonchev–Trinajstić information content (AvgIpc) is 2.48. The van der Waals surface area contributed by atoms with Crippen LogP contribution in [0.25, 0.3) is 0 Å². The summed E-state index contributed by atoms with van der Waals surface area (Å²) in [7, 11) is -3.76. The molecule has 2 rings (SSSR count). The fourth-order valence-electron chi connectivity index (χ4n) is 1.42. The third-order valence-corrected chi connectivity index (χ3v) is 3.79. The van der Waals surface area contributed by atoms with Crippen LogP contribution < -0.4 is 16.0 Å². The number of hydrogen-bond donors (Lipinski definition) is 4. The van der Waals surface area contributed by atoms with Crippen LogP contribution in [-0.4, -0.2) is 23.5 Å². The highest BCUT2D eigenvalue weighted by atomic mass is 32.2. The highest BCUT2D eigenvalue weighted by molar-refractivity contribution is 7.92. The number of nitrogens with one attached hydrogen (secondary N) is 2. The minimum Gasteiger partial charge on any atom is -0.392 e. The largest absolute Gasteiger partial charge is 0.392 e. The van der Waals surface area contributed by atoms with E-state index in [-0.39, 0.29) is 17.5 Å². The molecule has 0 amide bonds. The maximum Gasteiger partial charge on any atom is 0.264 e. The smallest absolute Gasteiger partial charge is 0.264 e. The van der Waals surface area contributed by atoms with E-state index in [4.69, 9.17) is 10.9 Å². The molecular weight excluding hydrogens is 282 g/mol. The van der Waals surface area contributed by atoms with E-state index in [1.807, 2.05) is 0 Å². The predicted molar refractivity (Wildman–Crippen MR) is 73.0 cm³/mol. The molecule has 0 atom stereocenters. The zero-order valence-corrected chi connectivity index (χ0v) is 11.1. The van der Waals surface area contributed by atoms with Gasteiger partial charge in [-0.25, -0.2) is 24.2 Å². The second-order valence-electron chi connectivity index (χ2n) is 3.85. The second-order valence-corrected chi connectivity index (χ2v) is 5.53. The van der Waals surface area contributed by atoms with Crippen LogP contribution in [0.4, 0.5) is 11.6 Å². The van der Waals surface area contributed by atoms with Gasteiger partial charge in [0.2, 0.25) is 5.95 Å². The maximum absolute atomic E-state index is 12.1. The zero-order chi connectivity index (χ0) is 14.6. The van der Waals surface area contributed by atoms with Gasteiger partial charge in [-0.15, -0.1) is 0 Å². The topological polar surface area (TPSA) is 130 Å². The van der Waals surface area contributed by atoms with E-state index in [2.05, 4.69) is 20.1 Å². The Morgan fingerprint density at radius 2 is 1.75 bits per heavy atom. The van der Waals surface area contributed by atoms with E-state index in [0.29, 0.717) is 11.3 Å². The Labute approximate surface area is 115 Å². The van der Waals surface area contributed by atoms with E-state index in [1.165, 1.54) is 0 Å². The van der Waals surface area contributed by atoms with Crippen molar-refractivity contribution < 1.29 is 13.5 Å². The number of nitrogens with two attached hydrogens (primary N) is 1. The van der Waals surface area contributed by atoms with Crippen LogP contribution >= 0.6 is 0 Å². The molecule has 106 valence electrons. The average molecular weight is 295 g/mol. The first kappa shape index (κ1) is 14.2. The van der Waals surface area contributed by atoms with Crippen LogP contribution in [0.1, 0.15) is 5.56 Å². The maximum atomic E-state index is 12.1. The van der Waals surface area contributed by atoms with Crippen molar-refractivity contribution in [2.24, 2.45) is 5.84 Å². The molecule has 0 bridgehead atoms. The van der Waals surface area contributed by atoms with Crippen molar-refractivity contribution in [1.29, 1.82) is 0 Å². The molecule has 0 radical (unpaired) electrons. The molecule has 1 aromatic carbocycles. The van der Waals surface area contributed by atoms with E-state index in [9.17, 15) is 8.42 Å². The zero-order valence-electron chi connectivity index (χ0n) is 10.3. The quantitative estimate of drug-likeness (QED) is 0.453. The first-order valence-corrected chi connectivity index (χ1v) is 7.05. The Bertz CT molecular complexity index is 670. The summed E-state index contributed by atoms with van der Waals surface area (Å²) in [5.74, 6) is 5.22. The van der Waals surface area contributed by atoms with Crippen LogP contribution in [0, 0.1) is 0 Å².